The average molecular weight is 307 g/mol. The second kappa shape index (κ2) is 5.71. The number of nitrogens with one attached hydrogen (secondary N) is 1. The number of carbonyl (C=O) groups is 1. The first-order valence-electron chi connectivity index (χ1n) is 7.70. The van der Waals surface area contributed by atoms with Gasteiger partial charge in [-0.15, -0.1) is 11.3 Å². The van der Waals surface area contributed by atoms with Gasteiger partial charge >= 0.3 is 0 Å². The summed E-state index contributed by atoms with van der Waals surface area (Å²) in [5, 5.41) is 5.55. The molecule has 1 N–H and O–H groups in total. The van der Waals surface area contributed by atoms with Gasteiger partial charge < -0.3 is 10.2 Å². The Morgan fingerprint density at radius 2 is 2.33 bits per heavy atom. The highest BCUT2D eigenvalue weighted by Crippen LogP contribution is 2.40. The summed E-state index contributed by atoms with van der Waals surface area (Å²) in [5.74, 6) is 1.60. The standard InChI is InChI=1S/C16H25N3OS/c1-16(2)14-8-17-7-12(14)9-19(16)11-15(20)18(3)10-13-5-4-6-21-13/h4-6,12,14,17H,7-11H2,1-3H3. The molecule has 0 bridgehead atoms. The van der Waals surface area contributed by atoms with Gasteiger partial charge in [-0.05, 0) is 43.7 Å². The van der Waals surface area contributed by atoms with Gasteiger partial charge in [-0.3, -0.25) is 9.69 Å². The van der Waals surface area contributed by atoms with Gasteiger partial charge in [-0.25, -0.2) is 0 Å². The molecule has 2 aliphatic heterocycles. The van der Waals surface area contributed by atoms with Crippen LogP contribution in [0.1, 0.15) is 18.7 Å². The molecule has 5 heteroatoms. The molecule has 2 fully saturated rings. The Morgan fingerprint density at radius 1 is 1.52 bits per heavy atom. The number of carbonyl (C=O) groups excluding carboxylic acids is 1. The molecule has 0 spiro atoms. The molecule has 0 aliphatic carbocycles. The summed E-state index contributed by atoms with van der Waals surface area (Å²) in [6, 6.07) is 4.13. The summed E-state index contributed by atoms with van der Waals surface area (Å²) >= 11 is 1.71. The summed E-state index contributed by atoms with van der Waals surface area (Å²) in [5.41, 5.74) is 0.119. The third kappa shape index (κ3) is 2.87. The molecule has 21 heavy (non-hydrogen) atoms. The van der Waals surface area contributed by atoms with E-state index in [0.717, 1.165) is 26.2 Å². The van der Waals surface area contributed by atoms with Crippen molar-refractivity contribution >= 4 is 17.2 Å². The van der Waals surface area contributed by atoms with E-state index in [2.05, 4.69) is 35.5 Å². The molecule has 2 saturated heterocycles. The van der Waals surface area contributed by atoms with Crippen LogP contribution in [-0.2, 0) is 11.3 Å². The fraction of sp³-hybridized carbons (Fsp3) is 0.688. The Kier molecular flexibility index (Phi) is 4.08. The summed E-state index contributed by atoms with van der Waals surface area (Å²) < 4.78 is 0. The van der Waals surface area contributed by atoms with Gasteiger partial charge in [-0.1, -0.05) is 6.07 Å². The van der Waals surface area contributed by atoms with Crippen molar-refractivity contribution in [2.24, 2.45) is 11.8 Å². The van der Waals surface area contributed by atoms with Crippen molar-refractivity contribution < 1.29 is 4.79 Å². The average Bonchev–Trinajstić information content (AvgIpc) is 3.11. The Morgan fingerprint density at radius 3 is 3.00 bits per heavy atom. The van der Waals surface area contributed by atoms with Crippen LogP contribution < -0.4 is 5.32 Å². The highest BCUT2D eigenvalue weighted by Gasteiger charge is 2.49. The van der Waals surface area contributed by atoms with Crippen LogP contribution in [0.2, 0.25) is 0 Å². The van der Waals surface area contributed by atoms with Crippen molar-refractivity contribution in [3.05, 3.63) is 22.4 Å². The van der Waals surface area contributed by atoms with E-state index >= 15 is 0 Å². The highest BCUT2D eigenvalue weighted by molar-refractivity contribution is 7.09. The topological polar surface area (TPSA) is 35.6 Å². The monoisotopic (exact) mass is 307 g/mol. The van der Waals surface area contributed by atoms with Crippen molar-refractivity contribution in [3.63, 3.8) is 0 Å². The van der Waals surface area contributed by atoms with Crippen LogP contribution in [0.5, 0.6) is 0 Å². The number of rotatable bonds is 4. The van der Waals surface area contributed by atoms with E-state index in [1.807, 2.05) is 18.0 Å². The van der Waals surface area contributed by atoms with Crippen LogP contribution in [0, 0.1) is 11.8 Å². The number of thiophene rings is 1. The van der Waals surface area contributed by atoms with E-state index in [-0.39, 0.29) is 11.4 Å². The van der Waals surface area contributed by atoms with Crippen molar-refractivity contribution in [3.8, 4) is 0 Å². The van der Waals surface area contributed by atoms with Crippen molar-refractivity contribution in [2.45, 2.75) is 25.9 Å². The van der Waals surface area contributed by atoms with E-state index in [1.165, 1.54) is 4.88 Å². The summed E-state index contributed by atoms with van der Waals surface area (Å²) in [4.78, 5) is 18.0. The molecule has 3 rings (SSSR count). The zero-order chi connectivity index (χ0) is 15.0. The van der Waals surface area contributed by atoms with Crippen LogP contribution in [0.15, 0.2) is 17.5 Å². The maximum absolute atomic E-state index is 12.5. The minimum absolute atomic E-state index is 0.119. The van der Waals surface area contributed by atoms with Crippen molar-refractivity contribution in [1.82, 2.24) is 15.1 Å². The van der Waals surface area contributed by atoms with E-state index < -0.39 is 0 Å². The van der Waals surface area contributed by atoms with Crippen LogP contribution in [0.25, 0.3) is 0 Å². The number of nitrogens with zero attached hydrogens (tertiary/aromatic N) is 2. The molecule has 0 aromatic carbocycles. The third-order valence-electron chi connectivity index (χ3n) is 5.24. The third-order valence-corrected chi connectivity index (χ3v) is 6.10. The number of hydrogen-bond donors (Lipinski definition) is 1. The van der Waals surface area contributed by atoms with Crippen molar-refractivity contribution in [2.75, 3.05) is 33.2 Å². The highest BCUT2D eigenvalue weighted by atomic mass is 32.1. The SMILES string of the molecule is CN(Cc1cccs1)C(=O)CN1CC2CNCC2C1(C)C. The molecule has 1 amide bonds. The quantitative estimate of drug-likeness (QED) is 0.918. The fourth-order valence-electron chi connectivity index (χ4n) is 3.78. The molecular formula is C16H25N3OS. The summed E-state index contributed by atoms with van der Waals surface area (Å²) in [7, 11) is 1.91. The van der Waals surface area contributed by atoms with Gasteiger partial charge in [0.05, 0.1) is 13.1 Å². The van der Waals surface area contributed by atoms with E-state index in [0.29, 0.717) is 18.4 Å². The lowest BCUT2D eigenvalue weighted by molar-refractivity contribution is -0.132. The van der Waals surface area contributed by atoms with E-state index in [1.54, 1.807) is 11.3 Å². The Labute approximate surface area is 131 Å². The molecule has 2 atom stereocenters. The predicted molar refractivity (Wildman–Crippen MR) is 86.3 cm³/mol. The number of hydrogen-bond acceptors (Lipinski definition) is 4. The van der Waals surface area contributed by atoms with Crippen LogP contribution in [0.4, 0.5) is 0 Å². The normalized spacial score (nSPS) is 27.8. The zero-order valence-electron chi connectivity index (χ0n) is 13.1. The number of fused-ring (bicyclic) bond motifs is 1. The maximum Gasteiger partial charge on any atom is 0.236 e. The molecule has 3 heterocycles. The number of amides is 1. The van der Waals surface area contributed by atoms with E-state index in [9.17, 15) is 4.79 Å². The second-order valence-corrected chi connectivity index (χ2v) is 7.92. The maximum atomic E-state index is 12.5. The molecular weight excluding hydrogens is 282 g/mol. The van der Waals surface area contributed by atoms with Gasteiger partial charge in [0, 0.05) is 30.6 Å². The van der Waals surface area contributed by atoms with Crippen LogP contribution in [0.3, 0.4) is 0 Å². The second-order valence-electron chi connectivity index (χ2n) is 6.89. The van der Waals surface area contributed by atoms with Gasteiger partial charge in [-0.2, -0.15) is 0 Å². The van der Waals surface area contributed by atoms with E-state index in [4.69, 9.17) is 0 Å². The molecule has 1 aromatic rings. The minimum atomic E-state index is 0.119. The summed E-state index contributed by atoms with van der Waals surface area (Å²) in [6.07, 6.45) is 0. The molecule has 2 aliphatic rings. The van der Waals surface area contributed by atoms with Gasteiger partial charge in [0.2, 0.25) is 5.91 Å². The lowest BCUT2D eigenvalue weighted by atomic mass is 9.85. The lowest BCUT2D eigenvalue weighted by Crippen LogP contribution is -2.48. The van der Waals surface area contributed by atoms with Crippen LogP contribution in [-0.4, -0.2) is 54.5 Å². The Bertz CT molecular complexity index is 500. The van der Waals surface area contributed by atoms with Gasteiger partial charge in [0.25, 0.3) is 0 Å². The number of likely N-dealkylation sites (tertiary alicyclic amines) is 1. The first-order chi connectivity index (χ1) is 9.98. The van der Waals surface area contributed by atoms with Gasteiger partial charge in [0.15, 0.2) is 0 Å². The summed E-state index contributed by atoms with van der Waals surface area (Å²) in [6.45, 7) is 9.08. The van der Waals surface area contributed by atoms with Crippen molar-refractivity contribution in [1.29, 1.82) is 0 Å². The molecule has 1 aromatic heterocycles. The van der Waals surface area contributed by atoms with Crippen LogP contribution >= 0.6 is 11.3 Å². The number of likely N-dealkylation sites (N-methyl/N-ethyl adjacent to an activating group) is 1. The smallest absolute Gasteiger partial charge is 0.236 e. The molecule has 0 radical (unpaired) electrons. The molecule has 0 saturated carbocycles. The fourth-order valence-corrected chi connectivity index (χ4v) is 4.54. The first kappa shape index (κ1) is 15.0. The Balaban J connectivity index is 1.60. The molecule has 2 unspecified atom stereocenters. The zero-order valence-corrected chi connectivity index (χ0v) is 13.9. The van der Waals surface area contributed by atoms with Gasteiger partial charge in [0.1, 0.15) is 0 Å². The lowest BCUT2D eigenvalue weighted by Gasteiger charge is -2.36. The largest absolute Gasteiger partial charge is 0.340 e. The Hall–Kier alpha value is -0.910. The minimum Gasteiger partial charge on any atom is -0.340 e. The molecule has 4 nitrogen and oxygen atoms in total. The predicted octanol–water partition coefficient (Wildman–Crippen LogP) is 1.64. The molecule has 116 valence electrons. The first-order valence-corrected chi connectivity index (χ1v) is 8.58.